The van der Waals surface area contributed by atoms with Crippen molar-refractivity contribution in [1.82, 2.24) is 0 Å². The number of hydrogen-bond acceptors (Lipinski definition) is 3. The minimum Gasteiger partial charge on any atom is -0.383 e. The first-order valence-electron chi connectivity index (χ1n) is 4.46. The fourth-order valence-electron chi connectivity index (χ4n) is 1.06. The molecule has 0 spiro atoms. The average molecular weight is 230 g/mol. The van der Waals surface area contributed by atoms with E-state index in [0.29, 0.717) is 11.3 Å². The van der Waals surface area contributed by atoms with Gasteiger partial charge < -0.3 is 5.32 Å². The second kappa shape index (κ2) is 5.37. The molecule has 16 heavy (non-hydrogen) atoms. The zero-order chi connectivity index (χ0) is 12.0. The number of halogens is 3. The lowest BCUT2D eigenvalue weighted by atomic mass is 10.2. The number of hydrogen-bond donors (Lipinski definition) is 1. The number of nitriles is 1. The summed E-state index contributed by atoms with van der Waals surface area (Å²) >= 11 is 0. The van der Waals surface area contributed by atoms with Crippen LogP contribution in [0.15, 0.2) is 24.3 Å². The zero-order valence-corrected chi connectivity index (χ0v) is 8.21. The second-order valence-corrected chi connectivity index (χ2v) is 2.91. The molecule has 1 N–H and O–H groups in total. The number of alkyl halides is 3. The van der Waals surface area contributed by atoms with Gasteiger partial charge in [0.25, 0.3) is 0 Å². The molecular weight excluding hydrogens is 221 g/mol. The van der Waals surface area contributed by atoms with E-state index in [9.17, 15) is 13.2 Å². The van der Waals surface area contributed by atoms with Gasteiger partial charge in [-0.05, 0) is 18.2 Å². The summed E-state index contributed by atoms with van der Waals surface area (Å²) < 4.78 is 38.4. The summed E-state index contributed by atoms with van der Waals surface area (Å²) in [5, 5.41) is 11.3. The number of ether oxygens (including phenoxy) is 1. The molecule has 0 bridgehead atoms. The summed E-state index contributed by atoms with van der Waals surface area (Å²) in [6.07, 6.45) is -4.60. The molecule has 0 aliphatic rings. The van der Waals surface area contributed by atoms with Crippen LogP contribution in [0, 0.1) is 11.3 Å². The summed E-state index contributed by atoms with van der Waals surface area (Å²) in [6, 6.07) is 8.39. The SMILES string of the molecule is N#Cc1cccc(NCCOC(F)(F)F)c1. The fourth-order valence-corrected chi connectivity index (χ4v) is 1.06. The normalized spacial score (nSPS) is 10.9. The molecule has 0 saturated heterocycles. The van der Waals surface area contributed by atoms with Gasteiger partial charge in [-0.3, -0.25) is 4.74 Å². The van der Waals surface area contributed by atoms with Gasteiger partial charge in [0.05, 0.1) is 18.2 Å². The van der Waals surface area contributed by atoms with Crippen LogP contribution < -0.4 is 5.32 Å². The summed E-state index contributed by atoms with van der Waals surface area (Å²) in [5.74, 6) is 0. The molecule has 1 aromatic rings. The molecule has 6 heteroatoms. The minimum atomic E-state index is -4.60. The van der Waals surface area contributed by atoms with E-state index >= 15 is 0 Å². The average Bonchev–Trinajstić information content (AvgIpc) is 2.23. The largest absolute Gasteiger partial charge is 0.522 e. The van der Waals surface area contributed by atoms with E-state index in [-0.39, 0.29) is 6.54 Å². The van der Waals surface area contributed by atoms with E-state index in [4.69, 9.17) is 5.26 Å². The van der Waals surface area contributed by atoms with Gasteiger partial charge in [-0.1, -0.05) is 6.07 Å². The molecule has 0 radical (unpaired) electrons. The number of benzene rings is 1. The Morgan fingerprint density at radius 3 is 2.75 bits per heavy atom. The van der Waals surface area contributed by atoms with Gasteiger partial charge in [0, 0.05) is 12.2 Å². The molecule has 0 atom stereocenters. The molecule has 0 saturated carbocycles. The molecule has 0 unspecified atom stereocenters. The van der Waals surface area contributed by atoms with Crippen molar-refractivity contribution >= 4 is 5.69 Å². The molecule has 1 aromatic carbocycles. The third-order valence-corrected chi connectivity index (χ3v) is 1.69. The Balaban J connectivity index is 2.35. The van der Waals surface area contributed by atoms with Crippen molar-refractivity contribution in [3.05, 3.63) is 29.8 Å². The van der Waals surface area contributed by atoms with Crippen LogP contribution in [0.3, 0.4) is 0 Å². The van der Waals surface area contributed by atoms with Gasteiger partial charge in [-0.2, -0.15) is 5.26 Å². The van der Waals surface area contributed by atoms with Gasteiger partial charge in [0.15, 0.2) is 0 Å². The third-order valence-electron chi connectivity index (χ3n) is 1.69. The molecule has 86 valence electrons. The highest BCUT2D eigenvalue weighted by Gasteiger charge is 2.28. The Hall–Kier alpha value is -1.74. The lowest BCUT2D eigenvalue weighted by Gasteiger charge is -2.09. The topological polar surface area (TPSA) is 45.0 Å². The fraction of sp³-hybridized carbons (Fsp3) is 0.300. The second-order valence-electron chi connectivity index (χ2n) is 2.91. The maximum absolute atomic E-state index is 11.6. The molecule has 0 aromatic heterocycles. The summed E-state index contributed by atoms with van der Waals surface area (Å²) in [7, 11) is 0. The number of nitrogens with one attached hydrogen (secondary N) is 1. The van der Waals surface area contributed by atoms with Crippen molar-refractivity contribution in [2.24, 2.45) is 0 Å². The molecule has 0 heterocycles. The van der Waals surface area contributed by atoms with Gasteiger partial charge >= 0.3 is 6.36 Å². The Labute approximate surface area is 90.4 Å². The van der Waals surface area contributed by atoms with E-state index in [0.717, 1.165) is 0 Å². The predicted octanol–water partition coefficient (Wildman–Crippen LogP) is 2.51. The Kier molecular flexibility index (Phi) is 4.14. The molecule has 0 aliphatic carbocycles. The molecular formula is C10H9F3N2O. The van der Waals surface area contributed by atoms with E-state index in [1.807, 2.05) is 6.07 Å². The number of rotatable bonds is 4. The van der Waals surface area contributed by atoms with Crippen molar-refractivity contribution in [3.63, 3.8) is 0 Å². The van der Waals surface area contributed by atoms with Crippen LogP contribution in [-0.4, -0.2) is 19.5 Å². The summed E-state index contributed by atoms with van der Waals surface area (Å²) in [5.41, 5.74) is 1.03. The molecule has 3 nitrogen and oxygen atoms in total. The van der Waals surface area contributed by atoms with Crippen LogP contribution >= 0.6 is 0 Å². The highest BCUT2D eigenvalue weighted by atomic mass is 19.4. The van der Waals surface area contributed by atoms with E-state index in [1.165, 1.54) is 0 Å². The minimum absolute atomic E-state index is 0.0222. The molecule has 0 amide bonds. The van der Waals surface area contributed by atoms with Crippen molar-refractivity contribution < 1.29 is 17.9 Å². The van der Waals surface area contributed by atoms with Crippen molar-refractivity contribution in [2.75, 3.05) is 18.5 Å². The summed E-state index contributed by atoms with van der Waals surface area (Å²) in [6.45, 7) is -0.450. The maximum Gasteiger partial charge on any atom is 0.522 e. The predicted molar refractivity (Wildman–Crippen MR) is 51.7 cm³/mol. The standard InChI is InChI=1S/C10H9F3N2O/c11-10(12,13)16-5-4-15-9-3-1-2-8(6-9)7-14/h1-3,6,15H,4-5H2. The van der Waals surface area contributed by atoms with Gasteiger partial charge in [-0.15, -0.1) is 13.2 Å². The monoisotopic (exact) mass is 230 g/mol. The first-order valence-corrected chi connectivity index (χ1v) is 4.46. The van der Waals surface area contributed by atoms with Crippen LogP contribution in [0.2, 0.25) is 0 Å². The molecule has 1 rings (SSSR count). The Morgan fingerprint density at radius 1 is 1.38 bits per heavy atom. The number of nitrogens with zero attached hydrogens (tertiary/aromatic N) is 1. The van der Waals surface area contributed by atoms with Crippen LogP contribution in [-0.2, 0) is 4.74 Å². The molecule has 0 aliphatic heterocycles. The van der Waals surface area contributed by atoms with Crippen molar-refractivity contribution in [3.8, 4) is 6.07 Å². The van der Waals surface area contributed by atoms with Crippen molar-refractivity contribution in [1.29, 1.82) is 5.26 Å². The van der Waals surface area contributed by atoms with E-state index in [1.54, 1.807) is 24.3 Å². The van der Waals surface area contributed by atoms with Crippen molar-refractivity contribution in [2.45, 2.75) is 6.36 Å². The van der Waals surface area contributed by atoms with E-state index in [2.05, 4.69) is 10.1 Å². The summed E-state index contributed by atoms with van der Waals surface area (Å²) in [4.78, 5) is 0. The lowest BCUT2D eigenvalue weighted by molar-refractivity contribution is -0.322. The molecule has 0 fully saturated rings. The highest BCUT2D eigenvalue weighted by molar-refractivity contribution is 5.48. The number of anilines is 1. The smallest absolute Gasteiger partial charge is 0.383 e. The highest BCUT2D eigenvalue weighted by Crippen LogP contribution is 2.15. The zero-order valence-electron chi connectivity index (χ0n) is 8.21. The first kappa shape index (κ1) is 12.3. The quantitative estimate of drug-likeness (QED) is 0.808. The van der Waals surface area contributed by atoms with Crippen LogP contribution in [0.4, 0.5) is 18.9 Å². The lowest BCUT2D eigenvalue weighted by Crippen LogP contribution is -2.19. The maximum atomic E-state index is 11.6. The third kappa shape index (κ3) is 4.66. The van der Waals surface area contributed by atoms with E-state index < -0.39 is 13.0 Å². The van der Waals surface area contributed by atoms with Gasteiger partial charge in [0.2, 0.25) is 0 Å². The Morgan fingerprint density at radius 2 is 2.12 bits per heavy atom. The van der Waals surface area contributed by atoms with Gasteiger partial charge in [0.1, 0.15) is 0 Å². The Bertz CT molecular complexity index is 384. The van der Waals surface area contributed by atoms with Gasteiger partial charge in [-0.25, -0.2) is 0 Å². The van der Waals surface area contributed by atoms with Crippen LogP contribution in [0.5, 0.6) is 0 Å². The van der Waals surface area contributed by atoms with Crippen LogP contribution in [0.1, 0.15) is 5.56 Å². The van der Waals surface area contributed by atoms with Crippen LogP contribution in [0.25, 0.3) is 0 Å². The first-order chi connectivity index (χ1) is 7.51.